The Bertz CT molecular complexity index is 1020. The molecular formula is C19H23N3O4S. The number of hydrogen-bond donors (Lipinski definition) is 1. The maximum Gasteiger partial charge on any atom is 0.271 e. The minimum absolute atomic E-state index is 0.254. The van der Waals surface area contributed by atoms with E-state index in [-0.39, 0.29) is 17.3 Å². The summed E-state index contributed by atoms with van der Waals surface area (Å²) in [5, 5.41) is 2.78. The van der Waals surface area contributed by atoms with Gasteiger partial charge in [0.1, 0.15) is 11.4 Å². The molecule has 27 heavy (non-hydrogen) atoms. The fourth-order valence-electron chi connectivity index (χ4n) is 3.12. The number of hydrogen-bond acceptors (Lipinski definition) is 4. The fraction of sp³-hybridized carbons (Fsp3) is 0.368. The van der Waals surface area contributed by atoms with Crippen LogP contribution in [0.5, 0.6) is 0 Å². The molecule has 0 bridgehead atoms. The first-order valence-corrected chi connectivity index (χ1v) is 10.3. The van der Waals surface area contributed by atoms with Crippen molar-refractivity contribution in [2.45, 2.75) is 38.1 Å². The number of aryl methyl sites for hydroxylation is 2. The van der Waals surface area contributed by atoms with E-state index in [1.165, 1.54) is 22.6 Å². The highest BCUT2D eigenvalue weighted by Crippen LogP contribution is 2.18. The summed E-state index contributed by atoms with van der Waals surface area (Å²) in [4.78, 5) is 24.8. The molecule has 0 unspecified atom stereocenters. The normalized spacial score (nSPS) is 15.0. The van der Waals surface area contributed by atoms with Crippen molar-refractivity contribution >= 4 is 21.6 Å². The van der Waals surface area contributed by atoms with Crippen LogP contribution < -0.4 is 10.9 Å². The van der Waals surface area contributed by atoms with Crippen LogP contribution in [0, 0.1) is 13.8 Å². The number of nitrogens with one attached hydrogen (secondary N) is 1. The zero-order valence-electron chi connectivity index (χ0n) is 15.4. The van der Waals surface area contributed by atoms with E-state index in [4.69, 9.17) is 0 Å². The van der Waals surface area contributed by atoms with Crippen molar-refractivity contribution in [3.05, 3.63) is 58.0 Å². The summed E-state index contributed by atoms with van der Waals surface area (Å²) in [5.41, 5.74) is 1.91. The van der Waals surface area contributed by atoms with Crippen molar-refractivity contribution in [3.8, 4) is 0 Å². The number of pyridine rings is 1. The number of sulfonamides is 1. The van der Waals surface area contributed by atoms with Crippen molar-refractivity contribution in [1.82, 2.24) is 8.87 Å². The largest absolute Gasteiger partial charge is 0.324 e. The molecule has 1 aromatic heterocycles. The molecule has 2 aromatic rings. The maximum atomic E-state index is 12.7. The third-order valence-corrected chi connectivity index (χ3v) is 6.56. The average Bonchev–Trinajstić information content (AvgIpc) is 3.15. The minimum Gasteiger partial charge on any atom is -0.324 e. The Hall–Kier alpha value is -2.45. The molecule has 144 valence electrons. The Morgan fingerprint density at radius 2 is 1.85 bits per heavy atom. The molecule has 0 radical (unpaired) electrons. The van der Waals surface area contributed by atoms with Crippen LogP contribution in [-0.2, 0) is 21.4 Å². The SMILES string of the molecule is Cc1ccc(C)c(NC(=O)Cn2cccc(S(=O)(=O)N3CCCC3)c2=O)c1. The molecule has 1 amide bonds. The summed E-state index contributed by atoms with van der Waals surface area (Å²) in [6, 6.07) is 8.48. The second kappa shape index (κ2) is 7.66. The number of anilines is 1. The van der Waals surface area contributed by atoms with Crippen LogP contribution >= 0.6 is 0 Å². The topological polar surface area (TPSA) is 88.5 Å². The highest BCUT2D eigenvalue weighted by Gasteiger charge is 2.30. The van der Waals surface area contributed by atoms with Crippen molar-refractivity contribution in [2.75, 3.05) is 18.4 Å². The quantitative estimate of drug-likeness (QED) is 0.846. The van der Waals surface area contributed by atoms with E-state index in [1.54, 1.807) is 0 Å². The van der Waals surface area contributed by atoms with E-state index in [9.17, 15) is 18.0 Å². The van der Waals surface area contributed by atoms with E-state index in [2.05, 4.69) is 5.32 Å². The van der Waals surface area contributed by atoms with E-state index in [0.717, 1.165) is 28.5 Å². The fourth-order valence-corrected chi connectivity index (χ4v) is 4.72. The lowest BCUT2D eigenvalue weighted by atomic mass is 10.1. The Morgan fingerprint density at radius 3 is 2.56 bits per heavy atom. The molecule has 8 heteroatoms. The monoisotopic (exact) mass is 389 g/mol. The summed E-state index contributed by atoms with van der Waals surface area (Å²) < 4.78 is 27.8. The Labute approximate surface area is 158 Å². The van der Waals surface area contributed by atoms with Crippen molar-refractivity contribution in [2.24, 2.45) is 0 Å². The maximum absolute atomic E-state index is 12.7. The van der Waals surface area contributed by atoms with Gasteiger partial charge in [0.2, 0.25) is 15.9 Å². The molecule has 1 aliphatic rings. The first kappa shape index (κ1) is 19.3. The van der Waals surface area contributed by atoms with Gasteiger partial charge in [0.25, 0.3) is 5.56 Å². The predicted molar refractivity (Wildman–Crippen MR) is 103 cm³/mol. The highest BCUT2D eigenvalue weighted by atomic mass is 32.2. The summed E-state index contributed by atoms with van der Waals surface area (Å²) in [6.07, 6.45) is 3.00. The molecule has 1 N–H and O–H groups in total. The molecule has 1 fully saturated rings. The zero-order valence-corrected chi connectivity index (χ0v) is 16.3. The average molecular weight is 389 g/mol. The third-order valence-electron chi connectivity index (χ3n) is 4.65. The third kappa shape index (κ3) is 4.12. The number of amides is 1. The summed E-state index contributed by atoms with van der Waals surface area (Å²) in [6.45, 7) is 4.39. The lowest BCUT2D eigenvalue weighted by Gasteiger charge is -2.16. The van der Waals surface area contributed by atoms with E-state index in [0.29, 0.717) is 18.8 Å². The smallest absolute Gasteiger partial charge is 0.271 e. The van der Waals surface area contributed by atoms with Crippen molar-refractivity contribution < 1.29 is 13.2 Å². The number of aromatic nitrogens is 1. The Balaban J connectivity index is 1.83. The molecule has 0 saturated carbocycles. The van der Waals surface area contributed by atoms with Crippen LogP contribution in [0.3, 0.4) is 0 Å². The Kier molecular flexibility index (Phi) is 5.48. The summed E-state index contributed by atoms with van der Waals surface area (Å²) in [5.74, 6) is -0.387. The van der Waals surface area contributed by atoms with Gasteiger partial charge in [-0.3, -0.25) is 9.59 Å². The molecule has 1 saturated heterocycles. The number of nitrogens with zero attached hydrogens (tertiary/aromatic N) is 2. The second-order valence-corrected chi connectivity index (χ2v) is 8.69. The molecule has 0 atom stereocenters. The van der Waals surface area contributed by atoms with Gasteiger partial charge in [0.15, 0.2) is 0 Å². The lowest BCUT2D eigenvalue weighted by Crippen LogP contribution is -2.36. The van der Waals surface area contributed by atoms with Crippen LogP contribution in [0.4, 0.5) is 5.69 Å². The zero-order chi connectivity index (χ0) is 19.6. The number of carbonyl (C=O) groups is 1. The highest BCUT2D eigenvalue weighted by molar-refractivity contribution is 7.89. The van der Waals surface area contributed by atoms with Crippen LogP contribution in [0.1, 0.15) is 24.0 Å². The van der Waals surface area contributed by atoms with Crippen molar-refractivity contribution in [1.29, 1.82) is 0 Å². The first-order chi connectivity index (χ1) is 12.8. The van der Waals surface area contributed by atoms with Gasteiger partial charge >= 0.3 is 0 Å². The molecular weight excluding hydrogens is 366 g/mol. The number of carbonyl (C=O) groups excluding carboxylic acids is 1. The van der Waals surface area contributed by atoms with Gasteiger partial charge in [0, 0.05) is 25.0 Å². The molecule has 1 aromatic carbocycles. The molecule has 0 spiro atoms. The standard InChI is InChI=1S/C19H23N3O4S/c1-14-7-8-15(2)16(12-14)20-18(23)13-21-9-5-6-17(19(21)24)27(25,26)22-10-3-4-11-22/h5-9,12H,3-4,10-11,13H2,1-2H3,(H,20,23). The van der Waals surface area contributed by atoms with Gasteiger partial charge in [-0.25, -0.2) is 8.42 Å². The number of benzene rings is 1. The van der Waals surface area contributed by atoms with Gasteiger partial charge < -0.3 is 9.88 Å². The Morgan fingerprint density at radius 1 is 1.15 bits per heavy atom. The van der Waals surface area contributed by atoms with Crippen LogP contribution in [-0.4, -0.2) is 36.3 Å². The van der Waals surface area contributed by atoms with Crippen LogP contribution in [0.15, 0.2) is 46.2 Å². The molecule has 3 rings (SSSR count). The molecule has 1 aliphatic heterocycles. The lowest BCUT2D eigenvalue weighted by molar-refractivity contribution is -0.116. The molecule has 7 nitrogen and oxygen atoms in total. The van der Waals surface area contributed by atoms with E-state index in [1.807, 2.05) is 32.0 Å². The van der Waals surface area contributed by atoms with Crippen LogP contribution in [0.25, 0.3) is 0 Å². The second-order valence-electron chi connectivity index (χ2n) is 6.78. The summed E-state index contributed by atoms with van der Waals surface area (Å²) in [7, 11) is -3.83. The van der Waals surface area contributed by atoms with Crippen molar-refractivity contribution in [3.63, 3.8) is 0 Å². The van der Waals surface area contributed by atoms with E-state index >= 15 is 0 Å². The predicted octanol–water partition coefficient (Wildman–Crippen LogP) is 1.89. The summed E-state index contributed by atoms with van der Waals surface area (Å²) >= 11 is 0. The van der Waals surface area contributed by atoms with Crippen LogP contribution in [0.2, 0.25) is 0 Å². The van der Waals surface area contributed by atoms with Gasteiger partial charge in [-0.15, -0.1) is 0 Å². The van der Waals surface area contributed by atoms with Gasteiger partial charge in [-0.05, 0) is 56.0 Å². The number of rotatable bonds is 5. The van der Waals surface area contributed by atoms with Gasteiger partial charge in [-0.1, -0.05) is 12.1 Å². The van der Waals surface area contributed by atoms with Gasteiger partial charge in [0.05, 0.1) is 0 Å². The van der Waals surface area contributed by atoms with Gasteiger partial charge in [-0.2, -0.15) is 4.31 Å². The first-order valence-electron chi connectivity index (χ1n) is 8.86. The minimum atomic E-state index is -3.83. The molecule has 2 heterocycles. The van der Waals surface area contributed by atoms with E-state index < -0.39 is 15.6 Å². The molecule has 0 aliphatic carbocycles.